The van der Waals surface area contributed by atoms with Gasteiger partial charge in [-0.3, -0.25) is 0 Å². The number of unbranched alkanes of at least 4 members (excludes halogenated alkanes) is 3. The van der Waals surface area contributed by atoms with Crippen molar-refractivity contribution in [1.82, 2.24) is 5.32 Å². The fraction of sp³-hybridized carbons (Fsp3) is 0.500. The van der Waals surface area contributed by atoms with Crippen molar-refractivity contribution in [1.29, 1.82) is 0 Å². The molecule has 20 heavy (non-hydrogen) atoms. The van der Waals surface area contributed by atoms with E-state index in [0.29, 0.717) is 5.56 Å². The number of hydrogen-bond donors (Lipinski definition) is 1. The van der Waals surface area contributed by atoms with Crippen molar-refractivity contribution in [3.63, 3.8) is 0 Å². The molecule has 1 N–H and O–H groups in total. The number of nitrogens with one attached hydrogen (secondary N) is 1. The van der Waals surface area contributed by atoms with Crippen LogP contribution in [0.3, 0.4) is 0 Å². The number of benzene rings is 1. The molecule has 112 valence electrons. The van der Waals surface area contributed by atoms with Gasteiger partial charge in [0.05, 0.1) is 5.56 Å². The van der Waals surface area contributed by atoms with E-state index in [1.54, 1.807) is 13.1 Å². The fourth-order valence-electron chi connectivity index (χ4n) is 2.22. The molecule has 0 heterocycles. The quantitative estimate of drug-likeness (QED) is 0.517. The maximum Gasteiger partial charge on any atom is 0.416 e. The molecule has 4 heteroatoms. The van der Waals surface area contributed by atoms with Crippen LogP contribution in [-0.2, 0) is 6.18 Å². The highest BCUT2D eigenvalue weighted by molar-refractivity contribution is 5.27. The molecule has 0 aliphatic carbocycles. The molecular weight excluding hydrogens is 263 g/mol. The van der Waals surface area contributed by atoms with E-state index in [0.717, 1.165) is 38.2 Å². The molecule has 0 aromatic heterocycles. The second-order valence-corrected chi connectivity index (χ2v) is 4.89. The zero-order valence-electron chi connectivity index (χ0n) is 11.8. The van der Waals surface area contributed by atoms with Gasteiger partial charge in [0.1, 0.15) is 0 Å². The van der Waals surface area contributed by atoms with Gasteiger partial charge in [-0.05, 0) is 44.0 Å². The van der Waals surface area contributed by atoms with Crippen molar-refractivity contribution < 1.29 is 13.2 Å². The lowest BCUT2D eigenvalue weighted by atomic mass is 9.98. The summed E-state index contributed by atoms with van der Waals surface area (Å²) in [5.74, 6) is 0. The average molecular weight is 285 g/mol. The van der Waals surface area contributed by atoms with E-state index < -0.39 is 11.7 Å². The van der Waals surface area contributed by atoms with E-state index in [1.165, 1.54) is 12.1 Å². The molecule has 1 nitrogen and oxygen atoms in total. The molecular formula is C16H22F3N. The highest BCUT2D eigenvalue weighted by atomic mass is 19.4. The van der Waals surface area contributed by atoms with Crippen LogP contribution in [-0.4, -0.2) is 7.05 Å². The Morgan fingerprint density at radius 3 is 2.60 bits per heavy atom. The Hall–Kier alpha value is -1.29. The first-order valence-electron chi connectivity index (χ1n) is 6.94. The largest absolute Gasteiger partial charge is 0.416 e. The SMILES string of the molecule is C=CCCCCCC(NC)c1cccc(C(F)(F)F)c1. The lowest BCUT2D eigenvalue weighted by molar-refractivity contribution is -0.137. The molecule has 1 rings (SSSR count). The zero-order valence-corrected chi connectivity index (χ0v) is 11.8. The molecule has 0 fully saturated rings. The maximum absolute atomic E-state index is 12.7. The van der Waals surface area contributed by atoms with Crippen LogP contribution in [0, 0.1) is 0 Å². The Balaban J connectivity index is 2.63. The summed E-state index contributed by atoms with van der Waals surface area (Å²) < 4.78 is 38.1. The van der Waals surface area contributed by atoms with Gasteiger partial charge in [-0.2, -0.15) is 13.2 Å². The Bertz CT molecular complexity index is 412. The summed E-state index contributed by atoms with van der Waals surface area (Å²) in [6, 6.07) is 5.55. The standard InChI is InChI=1S/C16H22F3N/c1-3-4-5-6-7-11-15(20-2)13-9-8-10-14(12-13)16(17,18)19/h3,8-10,12,15,20H,1,4-7,11H2,2H3. The van der Waals surface area contributed by atoms with E-state index in [-0.39, 0.29) is 6.04 Å². The van der Waals surface area contributed by atoms with Gasteiger partial charge < -0.3 is 5.32 Å². The molecule has 1 aromatic carbocycles. The molecule has 0 saturated heterocycles. The van der Waals surface area contributed by atoms with Crippen LogP contribution in [0.5, 0.6) is 0 Å². The third-order valence-corrected chi connectivity index (χ3v) is 3.37. The van der Waals surface area contributed by atoms with Gasteiger partial charge in [0, 0.05) is 6.04 Å². The molecule has 1 aromatic rings. The first-order chi connectivity index (χ1) is 9.49. The summed E-state index contributed by atoms with van der Waals surface area (Å²) in [7, 11) is 1.79. The molecule has 0 aliphatic heterocycles. The summed E-state index contributed by atoms with van der Waals surface area (Å²) in [4.78, 5) is 0. The number of rotatable bonds is 8. The van der Waals surface area contributed by atoms with Gasteiger partial charge in [-0.15, -0.1) is 6.58 Å². The Morgan fingerprint density at radius 2 is 2.00 bits per heavy atom. The van der Waals surface area contributed by atoms with Crippen LogP contribution in [0.25, 0.3) is 0 Å². The smallest absolute Gasteiger partial charge is 0.313 e. The van der Waals surface area contributed by atoms with Gasteiger partial charge >= 0.3 is 6.18 Å². The van der Waals surface area contributed by atoms with E-state index >= 15 is 0 Å². The lowest BCUT2D eigenvalue weighted by Crippen LogP contribution is -2.17. The summed E-state index contributed by atoms with van der Waals surface area (Å²) >= 11 is 0. The lowest BCUT2D eigenvalue weighted by Gasteiger charge is -2.18. The molecule has 0 bridgehead atoms. The predicted molar refractivity (Wildman–Crippen MR) is 76.5 cm³/mol. The minimum absolute atomic E-state index is 0.0268. The van der Waals surface area contributed by atoms with Crippen molar-refractivity contribution in [2.45, 2.75) is 44.3 Å². The zero-order chi connectivity index (χ0) is 15.0. The fourth-order valence-corrected chi connectivity index (χ4v) is 2.22. The van der Waals surface area contributed by atoms with Gasteiger partial charge in [-0.1, -0.05) is 31.1 Å². The summed E-state index contributed by atoms with van der Waals surface area (Å²) in [5.41, 5.74) is 0.118. The van der Waals surface area contributed by atoms with Gasteiger partial charge in [0.2, 0.25) is 0 Å². The Morgan fingerprint density at radius 1 is 1.25 bits per heavy atom. The molecule has 0 saturated carbocycles. The van der Waals surface area contributed by atoms with Gasteiger partial charge in [0.15, 0.2) is 0 Å². The molecule has 0 spiro atoms. The third-order valence-electron chi connectivity index (χ3n) is 3.37. The first-order valence-corrected chi connectivity index (χ1v) is 6.94. The first kappa shape index (κ1) is 16.8. The van der Waals surface area contributed by atoms with Gasteiger partial charge in [0.25, 0.3) is 0 Å². The molecule has 1 atom stereocenters. The van der Waals surface area contributed by atoms with Gasteiger partial charge in [-0.25, -0.2) is 0 Å². The van der Waals surface area contributed by atoms with Crippen LogP contribution in [0.2, 0.25) is 0 Å². The topological polar surface area (TPSA) is 12.0 Å². The van der Waals surface area contributed by atoms with Crippen LogP contribution in [0.4, 0.5) is 13.2 Å². The number of allylic oxidation sites excluding steroid dienone is 1. The Labute approximate surface area is 118 Å². The van der Waals surface area contributed by atoms with E-state index in [9.17, 15) is 13.2 Å². The number of alkyl halides is 3. The van der Waals surface area contributed by atoms with Crippen LogP contribution in [0.15, 0.2) is 36.9 Å². The van der Waals surface area contributed by atoms with E-state index in [1.807, 2.05) is 6.08 Å². The Kier molecular flexibility index (Phi) is 6.79. The molecule has 1 unspecified atom stereocenters. The van der Waals surface area contributed by atoms with E-state index in [2.05, 4.69) is 11.9 Å². The molecule has 0 aliphatic rings. The van der Waals surface area contributed by atoms with Crippen LogP contribution < -0.4 is 5.32 Å². The van der Waals surface area contributed by atoms with Crippen molar-refractivity contribution >= 4 is 0 Å². The van der Waals surface area contributed by atoms with Crippen LogP contribution >= 0.6 is 0 Å². The predicted octanol–water partition coefficient (Wildman–Crippen LogP) is 5.10. The van der Waals surface area contributed by atoms with Crippen molar-refractivity contribution in [3.8, 4) is 0 Å². The maximum atomic E-state index is 12.7. The average Bonchev–Trinajstić information content (AvgIpc) is 2.42. The second kappa shape index (κ2) is 8.10. The summed E-state index contributed by atoms with van der Waals surface area (Å²) in [6.07, 6.45) is 2.60. The summed E-state index contributed by atoms with van der Waals surface area (Å²) in [6.45, 7) is 3.67. The molecule has 0 amide bonds. The van der Waals surface area contributed by atoms with Crippen molar-refractivity contribution in [2.24, 2.45) is 0 Å². The highest BCUT2D eigenvalue weighted by Gasteiger charge is 2.30. The van der Waals surface area contributed by atoms with Crippen molar-refractivity contribution in [3.05, 3.63) is 48.0 Å². The highest BCUT2D eigenvalue weighted by Crippen LogP contribution is 2.31. The monoisotopic (exact) mass is 285 g/mol. The van der Waals surface area contributed by atoms with E-state index in [4.69, 9.17) is 0 Å². The third kappa shape index (κ3) is 5.37. The minimum Gasteiger partial charge on any atom is -0.313 e. The van der Waals surface area contributed by atoms with Crippen LogP contribution in [0.1, 0.15) is 49.3 Å². The summed E-state index contributed by atoms with van der Waals surface area (Å²) in [5, 5.41) is 3.10. The normalized spacial score (nSPS) is 13.2. The minimum atomic E-state index is -4.28. The number of halogens is 3. The molecule has 0 radical (unpaired) electrons. The number of hydrogen-bond acceptors (Lipinski definition) is 1. The van der Waals surface area contributed by atoms with Crippen molar-refractivity contribution in [2.75, 3.05) is 7.05 Å². The second-order valence-electron chi connectivity index (χ2n) is 4.89.